The molecule has 2 heterocycles. The Morgan fingerprint density at radius 1 is 1.06 bits per heavy atom. The van der Waals surface area contributed by atoms with Crippen molar-refractivity contribution in [2.45, 2.75) is 32.7 Å². The molecule has 1 unspecified atom stereocenters. The van der Waals surface area contributed by atoms with E-state index in [9.17, 15) is 14.7 Å². The van der Waals surface area contributed by atoms with E-state index < -0.39 is 17.7 Å². The van der Waals surface area contributed by atoms with Gasteiger partial charge in [0.15, 0.2) is 0 Å². The third-order valence-corrected chi connectivity index (χ3v) is 6.99. The SMILES string of the molecule is COc1ccc(N2C(=O)C(=O)/C(=C(/O)c3cc(C(C)C)c(OC)cc3C)C2c2cccs2)cc1. The highest BCUT2D eigenvalue weighted by molar-refractivity contribution is 7.10. The summed E-state index contributed by atoms with van der Waals surface area (Å²) in [6.45, 7) is 5.91. The minimum atomic E-state index is -0.739. The van der Waals surface area contributed by atoms with Crippen LogP contribution < -0.4 is 14.4 Å². The van der Waals surface area contributed by atoms with Gasteiger partial charge in [-0.15, -0.1) is 11.3 Å². The van der Waals surface area contributed by atoms with Crippen molar-refractivity contribution in [3.63, 3.8) is 0 Å². The van der Waals surface area contributed by atoms with Crippen LogP contribution >= 0.6 is 11.3 Å². The summed E-state index contributed by atoms with van der Waals surface area (Å²) in [5.41, 5.74) is 2.80. The molecule has 1 aliphatic rings. The smallest absolute Gasteiger partial charge is 0.300 e. The summed E-state index contributed by atoms with van der Waals surface area (Å²) < 4.78 is 10.8. The van der Waals surface area contributed by atoms with Gasteiger partial charge in [-0.1, -0.05) is 19.9 Å². The van der Waals surface area contributed by atoms with E-state index in [1.807, 2.05) is 50.4 Å². The Balaban J connectivity index is 1.93. The molecule has 1 atom stereocenters. The van der Waals surface area contributed by atoms with Crippen LogP contribution in [0.25, 0.3) is 5.76 Å². The van der Waals surface area contributed by atoms with Crippen molar-refractivity contribution in [3.05, 3.63) is 81.1 Å². The van der Waals surface area contributed by atoms with Crippen LogP contribution in [-0.2, 0) is 9.59 Å². The number of carbonyl (C=O) groups is 2. The lowest BCUT2D eigenvalue weighted by Gasteiger charge is -2.24. The van der Waals surface area contributed by atoms with Crippen molar-refractivity contribution in [3.8, 4) is 11.5 Å². The number of nitrogens with zero attached hydrogens (tertiary/aromatic N) is 1. The third kappa shape index (κ3) is 3.96. The first-order valence-corrected chi connectivity index (χ1v) is 11.8. The van der Waals surface area contributed by atoms with E-state index in [-0.39, 0.29) is 17.3 Å². The molecule has 1 aliphatic heterocycles. The number of hydrogen-bond acceptors (Lipinski definition) is 6. The molecule has 1 fully saturated rings. The fourth-order valence-electron chi connectivity index (χ4n) is 4.28. The van der Waals surface area contributed by atoms with Crippen molar-refractivity contribution in [2.75, 3.05) is 19.1 Å². The number of aliphatic hydroxyl groups is 1. The number of benzene rings is 2. The first-order valence-electron chi connectivity index (χ1n) is 11.0. The number of anilines is 1. The minimum Gasteiger partial charge on any atom is -0.507 e. The van der Waals surface area contributed by atoms with Crippen molar-refractivity contribution in [1.29, 1.82) is 0 Å². The lowest BCUT2D eigenvalue weighted by atomic mass is 9.92. The molecule has 1 amide bonds. The van der Waals surface area contributed by atoms with Crippen LogP contribution in [0.4, 0.5) is 5.69 Å². The van der Waals surface area contributed by atoms with Crippen molar-refractivity contribution >= 4 is 34.5 Å². The highest BCUT2D eigenvalue weighted by Gasteiger charge is 2.47. The number of rotatable bonds is 6. The van der Waals surface area contributed by atoms with Gasteiger partial charge in [-0.05, 0) is 71.8 Å². The predicted octanol–water partition coefficient (Wildman–Crippen LogP) is 5.82. The quantitative estimate of drug-likeness (QED) is 0.275. The molecule has 2 aromatic carbocycles. The lowest BCUT2D eigenvalue weighted by Crippen LogP contribution is -2.29. The number of aliphatic hydroxyl groups excluding tert-OH is 1. The largest absolute Gasteiger partial charge is 0.507 e. The number of thiophene rings is 1. The Hall–Kier alpha value is -3.58. The van der Waals surface area contributed by atoms with Gasteiger partial charge in [-0.2, -0.15) is 0 Å². The van der Waals surface area contributed by atoms with Crippen LogP contribution in [0, 0.1) is 6.92 Å². The molecule has 176 valence electrons. The normalized spacial score (nSPS) is 17.5. The monoisotopic (exact) mass is 477 g/mol. The number of methoxy groups -OCH3 is 2. The molecule has 0 radical (unpaired) electrons. The van der Waals surface area contributed by atoms with E-state index >= 15 is 0 Å². The molecular formula is C27H27NO5S. The van der Waals surface area contributed by atoms with Gasteiger partial charge in [0.2, 0.25) is 0 Å². The van der Waals surface area contributed by atoms with Gasteiger partial charge in [0, 0.05) is 16.1 Å². The lowest BCUT2D eigenvalue weighted by molar-refractivity contribution is -0.132. The van der Waals surface area contributed by atoms with Gasteiger partial charge >= 0.3 is 0 Å². The fourth-order valence-corrected chi connectivity index (χ4v) is 5.11. The Morgan fingerprint density at radius 3 is 2.32 bits per heavy atom. The molecule has 4 rings (SSSR count). The zero-order chi connectivity index (χ0) is 24.6. The van der Waals surface area contributed by atoms with Crippen LogP contribution in [0.1, 0.15) is 47.4 Å². The molecule has 0 spiro atoms. The molecule has 1 aromatic heterocycles. The summed E-state index contributed by atoms with van der Waals surface area (Å²) in [7, 11) is 3.17. The van der Waals surface area contributed by atoms with Crippen LogP contribution in [0.15, 0.2) is 59.5 Å². The molecule has 3 aromatic rings. The standard InChI is InChI=1S/C27H27NO5S/c1-15(2)19-14-20(16(3)13-21(19)33-5)25(29)23-24(22-7-6-12-34-22)28(27(31)26(23)30)17-8-10-18(32-4)11-9-17/h6-15,24,29H,1-5H3/b25-23+. The summed E-state index contributed by atoms with van der Waals surface area (Å²) in [5.74, 6) is -0.0827. The van der Waals surface area contributed by atoms with E-state index in [1.54, 1.807) is 38.5 Å². The van der Waals surface area contributed by atoms with Gasteiger partial charge in [0.1, 0.15) is 23.3 Å². The zero-order valence-corrected chi connectivity index (χ0v) is 20.6. The second-order valence-electron chi connectivity index (χ2n) is 8.45. The zero-order valence-electron chi connectivity index (χ0n) is 19.8. The molecule has 1 saturated heterocycles. The number of carbonyl (C=O) groups excluding carboxylic acids is 2. The number of hydrogen-bond donors (Lipinski definition) is 1. The van der Waals surface area contributed by atoms with Crippen molar-refractivity contribution < 1.29 is 24.2 Å². The second kappa shape index (κ2) is 9.35. The number of amides is 1. The summed E-state index contributed by atoms with van der Waals surface area (Å²) in [6, 6.07) is 13.6. The molecule has 0 aliphatic carbocycles. The molecule has 6 nitrogen and oxygen atoms in total. The minimum absolute atomic E-state index is 0.0752. The number of ether oxygens (including phenoxy) is 2. The fraction of sp³-hybridized carbons (Fsp3) is 0.259. The third-order valence-electron chi connectivity index (χ3n) is 6.06. The Kier molecular flexibility index (Phi) is 6.48. The highest BCUT2D eigenvalue weighted by Crippen LogP contribution is 2.44. The molecule has 0 saturated carbocycles. The van der Waals surface area contributed by atoms with Crippen LogP contribution in [0.3, 0.4) is 0 Å². The van der Waals surface area contributed by atoms with Gasteiger partial charge in [0.05, 0.1) is 19.8 Å². The summed E-state index contributed by atoms with van der Waals surface area (Å²) in [6.07, 6.45) is 0. The number of aryl methyl sites for hydroxylation is 1. The molecule has 1 N–H and O–H groups in total. The van der Waals surface area contributed by atoms with E-state index in [2.05, 4.69) is 0 Å². The van der Waals surface area contributed by atoms with Gasteiger partial charge in [0.25, 0.3) is 11.7 Å². The number of ketones is 1. The average Bonchev–Trinajstić information content (AvgIpc) is 3.45. The van der Waals surface area contributed by atoms with Crippen LogP contribution in [0.2, 0.25) is 0 Å². The predicted molar refractivity (Wildman–Crippen MR) is 134 cm³/mol. The molecular weight excluding hydrogens is 450 g/mol. The van der Waals surface area contributed by atoms with E-state index in [0.29, 0.717) is 17.0 Å². The van der Waals surface area contributed by atoms with Crippen LogP contribution in [-0.4, -0.2) is 31.0 Å². The maximum atomic E-state index is 13.3. The Labute approximate surface area is 203 Å². The summed E-state index contributed by atoms with van der Waals surface area (Å²) in [4.78, 5) is 28.8. The second-order valence-corrected chi connectivity index (χ2v) is 9.43. The van der Waals surface area contributed by atoms with E-state index in [4.69, 9.17) is 9.47 Å². The maximum absolute atomic E-state index is 13.3. The first-order chi connectivity index (χ1) is 16.3. The van der Waals surface area contributed by atoms with Crippen LogP contribution in [0.5, 0.6) is 11.5 Å². The molecule has 34 heavy (non-hydrogen) atoms. The highest BCUT2D eigenvalue weighted by atomic mass is 32.1. The Bertz CT molecular complexity index is 1260. The number of Topliss-reactive ketones (excluding diaryl/α,β-unsaturated/α-hetero) is 1. The van der Waals surface area contributed by atoms with Gasteiger partial charge < -0.3 is 14.6 Å². The van der Waals surface area contributed by atoms with Crippen molar-refractivity contribution in [1.82, 2.24) is 0 Å². The van der Waals surface area contributed by atoms with Gasteiger partial charge in [-0.25, -0.2) is 0 Å². The average molecular weight is 478 g/mol. The first kappa shape index (κ1) is 23.6. The maximum Gasteiger partial charge on any atom is 0.300 e. The van der Waals surface area contributed by atoms with E-state index in [0.717, 1.165) is 21.8 Å². The summed E-state index contributed by atoms with van der Waals surface area (Å²) in [5, 5.41) is 13.4. The molecule has 7 heteroatoms. The van der Waals surface area contributed by atoms with Gasteiger partial charge in [-0.3, -0.25) is 14.5 Å². The van der Waals surface area contributed by atoms with E-state index in [1.165, 1.54) is 16.2 Å². The molecule has 0 bridgehead atoms. The summed E-state index contributed by atoms with van der Waals surface area (Å²) >= 11 is 1.43. The van der Waals surface area contributed by atoms with Crippen molar-refractivity contribution in [2.24, 2.45) is 0 Å². The topological polar surface area (TPSA) is 76.1 Å². The Morgan fingerprint density at radius 2 is 1.76 bits per heavy atom.